The number of aromatic nitrogens is 5. The zero-order chi connectivity index (χ0) is 22.8. The van der Waals surface area contributed by atoms with Crippen molar-refractivity contribution in [1.82, 2.24) is 35.0 Å². The van der Waals surface area contributed by atoms with Crippen molar-refractivity contribution in [1.29, 1.82) is 0 Å². The number of benzene rings is 1. The number of tetrazole rings is 1. The monoisotopic (exact) mass is 451 g/mol. The Morgan fingerprint density at radius 3 is 2.64 bits per heavy atom. The highest BCUT2D eigenvalue weighted by molar-refractivity contribution is 5.80. The molecule has 3 heterocycles. The zero-order valence-electron chi connectivity index (χ0n) is 19.5. The Bertz CT molecular complexity index is 1140. The lowest BCUT2D eigenvalue weighted by Crippen LogP contribution is -2.49. The molecule has 0 radical (unpaired) electrons. The number of hydrogen-bond donors (Lipinski definition) is 1. The minimum atomic E-state index is -0.288. The van der Waals surface area contributed by atoms with Crippen molar-refractivity contribution in [2.45, 2.75) is 51.6 Å². The number of ether oxygens (including phenoxy) is 1. The second kappa shape index (κ2) is 9.61. The van der Waals surface area contributed by atoms with Crippen molar-refractivity contribution >= 4 is 10.9 Å². The number of pyridine rings is 1. The van der Waals surface area contributed by atoms with Crippen molar-refractivity contribution in [3.63, 3.8) is 0 Å². The molecular weight excluding hydrogens is 418 g/mol. The molecule has 9 heteroatoms. The van der Waals surface area contributed by atoms with Gasteiger partial charge in [-0.3, -0.25) is 9.69 Å². The molecule has 0 unspecified atom stereocenters. The number of H-pyrrole nitrogens is 1. The van der Waals surface area contributed by atoms with E-state index in [-0.39, 0.29) is 11.6 Å². The van der Waals surface area contributed by atoms with Gasteiger partial charge in [0.1, 0.15) is 11.8 Å². The molecule has 9 nitrogen and oxygen atoms in total. The summed E-state index contributed by atoms with van der Waals surface area (Å²) in [6.07, 6.45) is 4.56. The van der Waals surface area contributed by atoms with Crippen LogP contribution in [-0.4, -0.2) is 74.3 Å². The first kappa shape index (κ1) is 22.0. The molecule has 176 valence electrons. The summed E-state index contributed by atoms with van der Waals surface area (Å²) < 4.78 is 7.69. The van der Waals surface area contributed by atoms with Gasteiger partial charge in [0.15, 0.2) is 5.82 Å². The fraction of sp³-hybridized carbons (Fsp3) is 0.583. The zero-order valence-corrected chi connectivity index (χ0v) is 19.5. The summed E-state index contributed by atoms with van der Waals surface area (Å²) in [5, 5.41) is 13.9. The largest absolute Gasteiger partial charge is 0.494 e. The average molecular weight is 452 g/mol. The topological polar surface area (TPSA) is 92.2 Å². The molecule has 0 bridgehead atoms. The van der Waals surface area contributed by atoms with Gasteiger partial charge in [-0.05, 0) is 61.0 Å². The number of rotatable bonds is 7. The summed E-state index contributed by atoms with van der Waals surface area (Å²) >= 11 is 0. The molecule has 3 aromatic rings. The molecule has 0 amide bonds. The fourth-order valence-electron chi connectivity index (χ4n) is 5.29. The van der Waals surface area contributed by atoms with Crippen LogP contribution >= 0.6 is 0 Å². The molecule has 1 saturated heterocycles. The Balaban J connectivity index is 1.60. The Morgan fingerprint density at radius 1 is 1.12 bits per heavy atom. The summed E-state index contributed by atoms with van der Waals surface area (Å²) in [5.41, 5.74) is 1.41. The van der Waals surface area contributed by atoms with Crippen LogP contribution in [0.1, 0.15) is 63.0 Å². The molecule has 1 aromatic carbocycles. The van der Waals surface area contributed by atoms with E-state index in [0.717, 1.165) is 68.0 Å². The van der Waals surface area contributed by atoms with Crippen molar-refractivity contribution in [2.75, 3.05) is 39.3 Å². The second-order valence-corrected chi connectivity index (χ2v) is 9.03. The number of piperazine rings is 1. The SMILES string of the molecule is CCOc1ccc2[nH]c(=O)c([C@H](c3nnnn3C3CCCC3)N3CCN(CC)CC3)cc2c1. The van der Waals surface area contributed by atoms with E-state index in [1.807, 2.05) is 35.9 Å². The van der Waals surface area contributed by atoms with Gasteiger partial charge >= 0.3 is 0 Å². The van der Waals surface area contributed by atoms with Crippen molar-refractivity contribution in [3.05, 3.63) is 46.0 Å². The van der Waals surface area contributed by atoms with Gasteiger partial charge in [0.05, 0.1) is 12.6 Å². The van der Waals surface area contributed by atoms with E-state index in [9.17, 15) is 4.79 Å². The molecule has 1 saturated carbocycles. The lowest BCUT2D eigenvalue weighted by atomic mass is 10.0. The summed E-state index contributed by atoms with van der Waals surface area (Å²) in [6, 6.07) is 7.81. The Labute approximate surface area is 193 Å². The molecule has 33 heavy (non-hydrogen) atoms. The highest BCUT2D eigenvalue weighted by Gasteiger charge is 2.34. The maximum Gasteiger partial charge on any atom is 0.253 e. The van der Waals surface area contributed by atoms with Gasteiger partial charge in [-0.25, -0.2) is 4.68 Å². The molecule has 2 fully saturated rings. The van der Waals surface area contributed by atoms with Gasteiger partial charge in [-0.15, -0.1) is 5.10 Å². The van der Waals surface area contributed by atoms with Gasteiger partial charge in [-0.1, -0.05) is 19.8 Å². The summed E-state index contributed by atoms with van der Waals surface area (Å²) in [7, 11) is 0. The quantitative estimate of drug-likeness (QED) is 0.590. The molecule has 0 spiro atoms. The van der Waals surface area contributed by atoms with Crippen LogP contribution in [0, 0.1) is 0 Å². The summed E-state index contributed by atoms with van der Waals surface area (Å²) in [4.78, 5) is 21.3. The van der Waals surface area contributed by atoms with Crippen LogP contribution in [0.5, 0.6) is 5.75 Å². The standard InChI is InChI=1S/C24H33N7O2/c1-3-29-11-13-30(14-12-29)22(23-26-27-28-31(23)18-7-5-6-8-18)20-16-17-15-19(33-4-2)9-10-21(17)25-24(20)32/h9-10,15-16,18,22H,3-8,11-14H2,1-2H3,(H,25,32)/t22-/m1/s1. The van der Waals surface area contributed by atoms with Crippen LogP contribution in [0.2, 0.25) is 0 Å². The third kappa shape index (κ3) is 4.39. The van der Waals surface area contributed by atoms with Gasteiger partial charge < -0.3 is 14.6 Å². The number of nitrogens with one attached hydrogen (secondary N) is 1. The summed E-state index contributed by atoms with van der Waals surface area (Å²) in [6.45, 7) is 9.47. The number of hydrogen-bond acceptors (Lipinski definition) is 7. The van der Waals surface area contributed by atoms with Crippen LogP contribution in [0.4, 0.5) is 0 Å². The maximum absolute atomic E-state index is 13.4. The van der Waals surface area contributed by atoms with Crippen molar-refractivity contribution in [3.8, 4) is 5.75 Å². The van der Waals surface area contributed by atoms with Gasteiger partial charge in [-0.2, -0.15) is 0 Å². The second-order valence-electron chi connectivity index (χ2n) is 9.03. The molecule has 2 aromatic heterocycles. The molecule has 1 aliphatic heterocycles. The van der Waals surface area contributed by atoms with Crippen LogP contribution in [0.25, 0.3) is 10.9 Å². The van der Waals surface area contributed by atoms with E-state index in [2.05, 4.69) is 37.2 Å². The molecule has 2 aliphatic rings. The number of nitrogens with zero attached hydrogens (tertiary/aromatic N) is 6. The first-order valence-corrected chi connectivity index (χ1v) is 12.2. The van der Waals surface area contributed by atoms with Gasteiger partial charge in [0.2, 0.25) is 0 Å². The lowest BCUT2D eigenvalue weighted by Gasteiger charge is -2.38. The Hall–Kier alpha value is -2.78. The third-order valence-corrected chi connectivity index (χ3v) is 7.10. The molecule has 1 N–H and O–H groups in total. The number of fused-ring (bicyclic) bond motifs is 1. The van der Waals surface area contributed by atoms with Gasteiger partial charge in [0.25, 0.3) is 5.56 Å². The summed E-state index contributed by atoms with van der Waals surface area (Å²) in [5.74, 6) is 1.57. The number of likely N-dealkylation sites (N-methyl/N-ethyl adjacent to an activating group) is 1. The molecule has 5 rings (SSSR count). The van der Waals surface area contributed by atoms with Crippen LogP contribution in [0.3, 0.4) is 0 Å². The molecule has 1 atom stereocenters. The normalized spacial score (nSPS) is 19.3. The third-order valence-electron chi connectivity index (χ3n) is 7.10. The first-order chi connectivity index (χ1) is 16.2. The average Bonchev–Trinajstić information content (AvgIpc) is 3.53. The van der Waals surface area contributed by atoms with Crippen molar-refractivity contribution < 1.29 is 4.74 Å². The smallest absolute Gasteiger partial charge is 0.253 e. The van der Waals surface area contributed by atoms with Crippen molar-refractivity contribution in [2.24, 2.45) is 0 Å². The van der Waals surface area contributed by atoms with E-state index < -0.39 is 0 Å². The van der Waals surface area contributed by atoms with Crippen LogP contribution in [0.15, 0.2) is 29.1 Å². The van der Waals surface area contributed by atoms with Crippen LogP contribution in [-0.2, 0) is 0 Å². The molecule has 1 aliphatic carbocycles. The van der Waals surface area contributed by atoms with Crippen LogP contribution < -0.4 is 10.3 Å². The highest BCUT2D eigenvalue weighted by Crippen LogP contribution is 2.34. The van der Waals surface area contributed by atoms with E-state index >= 15 is 0 Å². The number of aromatic amines is 1. The van der Waals surface area contributed by atoms with Gasteiger partial charge in [0, 0.05) is 42.6 Å². The van der Waals surface area contributed by atoms with E-state index in [0.29, 0.717) is 18.2 Å². The minimum absolute atomic E-state index is 0.0875. The Morgan fingerprint density at radius 2 is 1.91 bits per heavy atom. The first-order valence-electron chi connectivity index (χ1n) is 12.2. The Kier molecular flexibility index (Phi) is 6.41. The van der Waals surface area contributed by atoms with E-state index in [1.54, 1.807) is 0 Å². The molecular formula is C24H33N7O2. The maximum atomic E-state index is 13.4. The highest BCUT2D eigenvalue weighted by atomic mass is 16.5. The lowest BCUT2D eigenvalue weighted by molar-refractivity contribution is 0.107. The predicted octanol–water partition coefficient (Wildman–Crippen LogP) is 2.76. The predicted molar refractivity (Wildman–Crippen MR) is 127 cm³/mol. The van der Waals surface area contributed by atoms with E-state index in [1.165, 1.54) is 12.8 Å². The fourth-order valence-corrected chi connectivity index (χ4v) is 5.29. The van der Waals surface area contributed by atoms with E-state index in [4.69, 9.17) is 4.74 Å². The minimum Gasteiger partial charge on any atom is -0.494 e.